The fourth-order valence-corrected chi connectivity index (χ4v) is 5.30. The van der Waals surface area contributed by atoms with Crippen LogP contribution >= 0.6 is 11.6 Å². The highest BCUT2D eigenvalue weighted by Crippen LogP contribution is 2.41. The number of aromatic nitrogens is 4. The van der Waals surface area contributed by atoms with Crippen molar-refractivity contribution in [1.82, 2.24) is 19.5 Å². The largest absolute Gasteiger partial charge is 0.488 e. The van der Waals surface area contributed by atoms with Crippen molar-refractivity contribution < 1.29 is 13.7 Å². The molecule has 0 saturated carbocycles. The average Bonchev–Trinajstić information content (AvgIpc) is 3.45. The van der Waals surface area contributed by atoms with Gasteiger partial charge < -0.3 is 9.14 Å². The first-order chi connectivity index (χ1) is 18.3. The first-order valence-electron chi connectivity index (χ1n) is 12.3. The van der Waals surface area contributed by atoms with E-state index in [0.717, 1.165) is 39.3 Å². The Morgan fingerprint density at radius 3 is 2.76 bits per heavy atom. The molecule has 0 unspecified atom stereocenters. The fourth-order valence-electron chi connectivity index (χ4n) is 5.09. The van der Waals surface area contributed by atoms with E-state index in [-0.39, 0.29) is 12.5 Å². The van der Waals surface area contributed by atoms with E-state index in [1.165, 1.54) is 12.1 Å². The van der Waals surface area contributed by atoms with E-state index in [4.69, 9.17) is 25.8 Å². The Morgan fingerprint density at radius 2 is 2.00 bits per heavy atom. The molecule has 0 amide bonds. The van der Waals surface area contributed by atoms with Crippen molar-refractivity contribution in [3.8, 4) is 5.75 Å². The number of H-pyrrole nitrogens is 1. The zero-order valence-corrected chi connectivity index (χ0v) is 21.8. The van der Waals surface area contributed by atoms with Crippen LogP contribution in [0.4, 0.5) is 4.39 Å². The van der Waals surface area contributed by atoms with Crippen molar-refractivity contribution in [2.45, 2.75) is 39.7 Å². The molecule has 1 N–H and O–H groups in total. The molecule has 2 aromatic carbocycles. The second kappa shape index (κ2) is 9.29. The Bertz CT molecular complexity index is 1800. The Morgan fingerprint density at radius 1 is 1.18 bits per heavy atom. The Hall–Kier alpha value is -4.17. The van der Waals surface area contributed by atoms with Gasteiger partial charge in [0, 0.05) is 29.8 Å². The molecule has 1 aliphatic heterocycles. The molecule has 38 heavy (non-hydrogen) atoms. The van der Waals surface area contributed by atoms with Gasteiger partial charge in [0.2, 0.25) is 0 Å². The summed E-state index contributed by atoms with van der Waals surface area (Å²) in [7, 11) is 0. The van der Waals surface area contributed by atoms with Crippen LogP contribution in [0.5, 0.6) is 5.75 Å². The number of benzene rings is 2. The molecule has 5 aromatic rings. The summed E-state index contributed by atoms with van der Waals surface area (Å²) in [6, 6.07) is 14.4. The summed E-state index contributed by atoms with van der Waals surface area (Å²) in [4.78, 5) is 19.1. The third-order valence-electron chi connectivity index (χ3n) is 6.86. The number of fused-ring (bicyclic) bond motifs is 3. The summed E-state index contributed by atoms with van der Waals surface area (Å²) in [6.07, 6.45) is 2.62. The van der Waals surface area contributed by atoms with E-state index >= 15 is 0 Å². The number of allylic oxidation sites excluding steroid dienone is 1. The number of nitrogens with zero attached hydrogens (tertiary/aromatic N) is 3. The zero-order valence-electron chi connectivity index (χ0n) is 21.0. The molecule has 6 rings (SSSR count). The third kappa shape index (κ3) is 4.11. The molecule has 0 saturated heterocycles. The Balaban J connectivity index is 1.50. The normalized spacial score (nSPS) is 14.3. The molecule has 9 heteroatoms. The van der Waals surface area contributed by atoms with Crippen LogP contribution in [0, 0.1) is 5.82 Å². The zero-order chi connectivity index (χ0) is 26.6. The van der Waals surface area contributed by atoms with E-state index < -0.39 is 11.6 Å². The van der Waals surface area contributed by atoms with E-state index in [2.05, 4.69) is 40.5 Å². The maximum absolute atomic E-state index is 14.2. The highest BCUT2D eigenvalue weighted by Gasteiger charge is 2.25. The molecule has 4 heterocycles. The summed E-state index contributed by atoms with van der Waals surface area (Å²) >= 11 is 6.45. The third-order valence-corrected chi connectivity index (χ3v) is 7.15. The van der Waals surface area contributed by atoms with Crippen LogP contribution < -0.4 is 10.5 Å². The maximum Gasteiger partial charge on any atom is 0.439 e. The predicted octanol–water partition coefficient (Wildman–Crippen LogP) is 6.39. The molecule has 7 nitrogen and oxygen atoms in total. The molecule has 0 spiro atoms. The van der Waals surface area contributed by atoms with Gasteiger partial charge in [-0.1, -0.05) is 48.8 Å². The van der Waals surface area contributed by atoms with Crippen molar-refractivity contribution >= 4 is 28.4 Å². The molecular formula is C29H24ClFN4O3. The first-order valence-corrected chi connectivity index (χ1v) is 12.7. The van der Waals surface area contributed by atoms with Crippen molar-refractivity contribution in [1.29, 1.82) is 0 Å². The second-order valence-electron chi connectivity index (χ2n) is 9.69. The number of imidazole rings is 1. The lowest BCUT2D eigenvalue weighted by molar-refractivity contribution is 0.305. The Labute approximate surface area is 222 Å². The highest BCUT2D eigenvalue weighted by atomic mass is 35.5. The van der Waals surface area contributed by atoms with Crippen LogP contribution in [0.1, 0.15) is 66.2 Å². The number of nitrogens with one attached hydrogen (secondary N) is 1. The lowest BCUT2D eigenvalue weighted by Crippen LogP contribution is -2.03. The van der Waals surface area contributed by atoms with Gasteiger partial charge >= 0.3 is 5.76 Å². The number of halogens is 2. The minimum atomic E-state index is -0.645. The lowest BCUT2D eigenvalue weighted by Gasteiger charge is -2.15. The molecule has 3 aromatic heterocycles. The molecular weight excluding hydrogens is 507 g/mol. The van der Waals surface area contributed by atoms with E-state index in [1.807, 2.05) is 31.3 Å². The van der Waals surface area contributed by atoms with Crippen LogP contribution in [0.15, 0.2) is 64.0 Å². The average molecular weight is 531 g/mol. The maximum atomic E-state index is 14.2. The summed E-state index contributed by atoms with van der Waals surface area (Å²) in [5.74, 6) is -0.0947. The molecule has 0 radical (unpaired) electrons. The van der Waals surface area contributed by atoms with Gasteiger partial charge in [0.25, 0.3) is 0 Å². The smallest absolute Gasteiger partial charge is 0.439 e. The van der Waals surface area contributed by atoms with Gasteiger partial charge in [-0.15, -0.1) is 0 Å². The van der Waals surface area contributed by atoms with Crippen LogP contribution in [0.25, 0.3) is 16.8 Å². The van der Waals surface area contributed by atoms with Gasteiger partial charge in [-0.25, -0.2) is 14.2 Å². The van der Waals surface area contributed by atoms with Gasteiger partial charge in [0.15, 0.2) is 11.5 Å². The van der Waals surface area contributed by atoms with Crippen molar-refractivity contribution in [3.63, 3.8) is 0 Å². The molecule has 0 atom stereocenters. The van der Waals surface area contributed by atoms with E-state index in [0.29, 0.717) is 34.2 Å². The predicted molar refractivity (Wildman–Crippen MR) is 143 cm³/mol. The SMILES string of the molecule is C/C(=C1/c2ccc(Cc3c(C(C)C)nc4c(Cl)cccn34)cc2COc2cc(F)ccc21)c1noc(=O)[nH]1. The van der Waals surface area contributed by atoms with Gasteiger partial charge in [-0.2, -0.15) is 0 Å². The standard InChI is InChI=1S/C29H24ClFN4O3/c1-15(2)26-23(35-10-4-5-22(30)28(35)32-26)12-17-6-8-20-18(11-17)14-37-24-13-19(31)7-9-21(24)25(20)16(3)27-33-29(36)38-34-27/h4-11,13,15H,12,14H2,1-3H3,(H,33,34,36)/b25-16+. The first kappa shape index (κ1) is 24.2. The minimum absolute atomic E-state index is 0.219. The summed E-state index contributed by atoms with van der Waals surface area (Å²) in [5, 5.41) is 4.49. The van der Waals surface area contributed by atoms with E-state index in [1.54, 1.807) is 6.07 Å². The number of aromatic amines is 1. The molecule has 1 aliphatic rings. The van der Waals surface area contributed by atoms with Gasteiger partial charge in [0.05, 0.1) is 16.4 Å². The summed E-state index contributed by atoms with van der Waals surface area (Å²) in [6.45, 7) is 6.33. The molecule has 0 aliphatic carbocycles. The lowest BCUT2D eigenvalue weighted by atomic mass is 9.89. The van der Waals surface area contributed by atoms with Crippen molar-refractivity contribution in [2.75, 3.05) is 0 Å². The fraction of sp³-hybridized carbons (Fsp3) is 0.207. The van der Waals surface area contributed by atoms with Crippen molar-refractivity contribution in [2.24, 2.45) is 0 Å². The van der Waals surface area contributed by atoms with Crippen molar-refractivity contribution in [3.05, 3.63) is 116 Å². The van der Waals surface area contributed by atoms with Crippen LogP contribution in [0.2, 0.25) is 5.02 Å². The highest BCUT2D eigenvalue weighted by molar-refractivity contribution is 6.33. The van der Waals surface area contributed by atoms with Crippen LogP contribution in [0.3, 0.4) is 0 Å². The second-order valence-corrected chi connectivity index (χ2v) is 10.1. The number of hydrogen-bond acceptors (Lipinski definition) is 5. The number of rotatable bonds is 4. The number of pyridine rings is 1. The molecule has 192 valence electrons. The van der Waals surface area contributed by atoms with Gasteiger partial charge in [0.1, 0.15) is 18.2 Å². The van der Waals surface area contributed by atoms with Gasteiger partial charge in [-0.3, -0.25) is 9.51 Å². The Kier molecular flexibility index (Phi) is 5.91. The molecule has 0 bridgehead atoms. The molecule has 0 fully saturated rings. The quantitative estimate of drug-likeness (QED) is 0.291. The minimum Gasteiger partial charge on any atom is -0.488 e. The number of ether oxygens (including phenoxy) is 1. The summed E-state index contributed by atoms with van der Waals surface area (Å²) < 4.78 is 27.0. The monoisotopic (exact) mass is 530 g/mol. The van der Waals surface area contributed by atoms with Gasteiger partial charge in [-0.05, 0) is 59.4 Å². The summed E-state index contributed by atoms with van der Waals surface area (Å²) in [5.41, 5.74) is 7.89. The van der Waals surface area contributed by atoms with E-state index in [9.17, 15) is 9.18 Å². The topological polar surface area (TPSA) is 85.4 Å². The van der Waals surface area contributed by atoms with Crippen LogP contribution in [-0.4, -0.2) is 19.5 Å². The van der Waals surface area contributed by atoms with Crippen LogP contribution in [-0.2, 0) is 13.0 Å². The number of hydrogen-bond donors (Lipinski definition) is 1.